The van der Waals surface area contributed by atoms with Gasteiger partial charge in [0.25, 0.3) is 5.69 Å². The molecule has 108 valence electrons. The molecular formula is C15H14N2O4. The summed E-state index contributed by atoms with van der Waals surface area (Å²) in [6, 6.07) is 14.9. The molecule has 2 aromatic carbocycles. The molecule has 0 heterocycles. The lowest BCUT2D eigenvalue weighted by Crippen LogP contribution is -2.28. The second-order valence-electron chi connectivity index (χ2n) is 4.54. The van der Waals surface area contributed by atoms with Crippen LogP contribution in [0.4, 0.5) is 10.5 Å². The predicted molar refractivity (Wildman–Crippen MR) is 77.1 cm³/mol. The second-order valence-corrected chi connectivity index (χ2v) is 4.54. The van der Waals surface area contributed by atoms with Crippen LogP contribution < -0.4 is 5.32 Å². The number of hydrogen-bond donors (Lipinski definition) is 2. The van der Waals surface area contributed by atoms with E-state index in [0.29, 0.717) is 12.0 Å². The first-order chi connectivity index (χ1) is 10.1. The minimum atomic E-state index is -1.13. The Hall–Kier alpha value is -2.89. The van der Waals surface area contributed by atoms with E-state index in [1.165, 1.54) is 12.1 Å². The Balaban J connectivity index is 2.22. The van der Waals surface area contributed by atoms with Gasteiger partial charge >= 0.3 is 6.09 Å². The number of nitro benzene ring substituents is 1. The van der Waals surface area contributed by atoms with E-state index < -0.39 is 17.1 Å². The van der Waals surface area contributed by atoms with Crippen molar-refractivity contribution >= 4 is 11.8 Å². The summed E-state index contributed by atoms with van der Waals surface area (Å²) in [5.74, 6) is 0. The van der Waals surface area contributed by atoms with E-state index in [-0.39, 0.29) is 5.69 Å². The van der Waals surface area contributed by atoms with Crippen LogP contribution in [-0.2, 0) is 6.42 Å². The lowest BCUT2D eigenvalue weighted by atomic mass is 9.99. The van der Waals surface area contributed by atoms with Gasteiger partial charge in [0, 0.05) is 12.1 Å². The normalized spacial score (nSPS) is 11.6. The Morgan fingerprint density at radius 3 is 2.29 bits per heavy atom. The van der Waals surface area contributed by atoms with Crippen LogP contribution in [-0.4, -0.2) is 16.1 Å². The number of carbonyl (C=O) groups is 1. The van der Waals surface area contributed by atoms with Crippen molar-refractivity contribution in [2.24, 2.45) is 0 Å². The van der Waals surface area contributed by atoms with Crippen molar-refractivity contribution in [1.82, 2.24) is 5.32 Å². The van der Waals surface area contributed by atoms with Crippen LogP contribution in [0.15, 0.2) is 54.6 Å². The summed E-state index contributed by atoms with van der Waals surface area (Å²) in [7, 11) is 0. The van der Waals surface area contributed by atoms with Gasteiger partial charge in [-0.3, -0.25) is 10.1 Å². The molecule has 0 bridgehead atoms. The van der Waals surface area contributed by atoms with Crippen LogP contribution in [0, 0.1) is 10.1 Å². The van der Waals surface area contributed by atoms with Crippen molar-refractivity contribution in [1.29, 1.82) is 0 Å². The van der Waals surface area contributed by atoms with Crippen molar-refractivity contribution in [3.05, 3.63) is 75.8 Å². The smallest absolute Gasteiger partial charge is 0.405 e. The van der Waals surface area contributed by atoms with Crippen LogP contribution in [0.1, 0.15) is 17.2 Å². The fraction of sp³-hybridized carbons (Fsp3) is 0.133. The third-order valence-corrected chi connectivity index (χ3v) is 3.09. The van der Waals surface area contributed by atoms with Gasteiger partial charge in [0.05, 0.1) is 11.0 Å². The molecule has 0 aliphatic heterocycles. The second kappa shape index (κ2) is 6.51. The number of benzene rings is 2. The highest BCUT2D eigenvalue weighted by Gasteiger charge is 2.16. The Morgan fingerprint density at radius 2 is 1.76 bits per heavy atom. The van der Waals surface area contributed by atoms with Crippen molar-refractivity contribution in [2.75, 3.05) is 0 Å². The van der Waals surface area contributed by atoms with E-state index in [2.05, 4.69) is 5.32 Å². The van der Waals surface area contributed by atoms with Gasteiger partial charge in [-0.2, -0.15) is 0 Å². The third kappa shape index (κ3) is 4.04. The molecule has 0 spiro atoms. The average molecular weight is 286 g/mol. The average Bonchev–Trinajstić information content (AvgIpc) is 2.47. The molecule has 1 unspecified atom stereocenters. The van der Waals surface area contributed by atoms with E-state index in [9.17, 15) is 14.9 Å². The van der Waals surface area contributed by atoms with Crippen molar-refractivity contribution in [3.63, 3.8) is 0 Å². The zero-order valence-corrected chi connectivity index (χ0v) is 11.1. The van der Waals surface area contributed by atoms with Crippen molar-refractivity contribution in [2.45, 2.75) is 12.5 Å². The molecule has 0 fully saturated rings. The Bertz CT molecular complexity index is 626. The Kier molecular flexibility index (Phi) is 4.50. The lowest BCUT2D eigenvalue weighted by Gasteiger charge is -2.17. The fourth-order valence-electron chi connectivity index (χ4n) is 2.08. The molecule has 1 amide bonds. The van der Waals surface area contributed by atoms with Crippen LogP contribution in [0.25, 0.3) is 0 Å². The number of hydrogen-bond acceptors (Lipinski definition) is 3. The minimum absolute atomic E-state index is 0.0208. The fourth-order valence-corrected chi connectivity index (χ4v) is 2.08. The number of nitrogens with one attached hydrogen (secondary N) is 1. The molecule has 0 aromatic heterocycles. The zero-order chi connectivity index (χ0) is 15.2. The van der Waals surface area contributed by atoms with E-state index in [1.807, 2.05) is 30.3 Å². The first-order valence-electron chi connectivity index (χ1n) is 6.34. The molecule has 21 heavy (non-hydrogen) atoms. The van der Waals surface area contributed by atoms with E-state index in [0.717, 1.165) is 5.56 Å². The standard InChI is InChI=1S/C15H14N2O4/c18-15(19)16-14(10-11-4-2-1-3-5-11)12-6-8-13(9-7-12)17(20)21/h1-9,14,16H,10H2,(H,18,19). The highest BCUT2D eigenvalue weighted by molar-refractivity contribution is 5.65. The maximum absolute atomic E-state index is 10.9. The van der Waals surface area contributed by atoms with Crippen molar-refractivity contribution in [3.8, 4) is 0 Å². The van der Waals surface area contributed by atoms with Gasteiger partial charge in [-0.05, 0) is 17.5 Å². The SMILES string of the molecule is O=C(O)NC(Cc1ccccc1)c1ccc([N+](=O)[O-])cc1. The monoisotopic (exact) mass is 286 g/mol. The number of carboxylic acid groups (broad SMARTS) is 1. The van der Waals surface area contributed by atoms with Gasteiger partial charge in [-0.15, -0.1) is 0 Å². The number of non-ortho nitro benzene ring substituents is 1. The summed E-state index contributed by atoms with van der Waals surface area (Å²) < 4.78 is 0. The zero-order valence-electron chi connectivity index (χ0n) is 11.1. The molecule has 6 heteroatoms. The highest BCUT2D eigenvalue weighted by Crippen LogP contribution is 2.21. The van der Waals surface area contributed by atoms with Gasteiger partial charge in [0.15, 0.2) is 0 Å². The molecule has 2 N–H and O–H groups in total. The van der Waals surface area contributed by atoms with Gasteiger partial charge in [0.2, 0.25) is 0 Å². The first-order valence-corrected chi connectivity index (χ1v) is 6.34. The largest absolute Gasteiger partial charge is 0.465 e. The summed E-state index contributed by atoms with van der Waals surface area (Å²) in [6.45, 7) is 0. The third-order valence-electron chi connectivity index (χ3n) is 3.09. The van der Waals surface area contributed by atoms with Crippen LogP contribution in [0.3, 0.4) is 0 Å². The minimum Gasteiger partial charge on any atom is -0.465 e. The summed E-state index contributed by atoms with van der Waals surface area (Å²) >= 11 is 0. The first kappa shape index (κ1) is 14.5. The Labute approximate surface area is 121 Å². The maximum atomic E-state index is 10.9. The lowest BCUT2D eigenvalue weighted by molar-refractivity contribution is -0.384. The molecule has 6 nitrogen and oxygen atoms in total. The van der Waals surface area contributed by atoms with Crippen LogP contribution in [0.2, 0.25) is 0 Å². The molecule has 2 aromatic rings. The summed E-state index contributed by atoms with van der Waals surface area (Å²) in [5, 5.41) is 22.0. The van der Waals surface area contributed by atoms with E-state index in [4.69, 9.17) is 5.11 Å². The molecular weight excluding hydrogens is 272 g/mol. The summed E-state index contributed by atoms with van der Waals surface area (Å²) in [6.07, 6.45) is -0.653. The van der Waals surface area contributed by atoms with Gasteiger partial charge in [-0.25, -0.2) is 4.79 Å². The highest BCUT2D eigenvalue weighted by atomic mass is 16.6. The van der Waals surface area contributed by atoms with E-state index >= 15 is 0 Å². The molecule has 2 rings (SSSR count). The van der Waals surface area contributed by atoms with Crippen LogP contribution >= 0.6 is 0 Å². The van der Waals surface area contributed by atoms with Crippen molar-refractivity contribution < 1.29 is 14.8 Å². The molecule has 0 saturated heterocycles. The molecule has 1 atom stereocenters. The van der Waals surface area contributed by atoms with Crippen LogP contribution in [0.5, 0.6) is 0 Å². The molecule has 0 saturated carbocycles. The molecule has 0 aliphatic carbocycles. The summed E-state index contributed by atoms with van der Waals surface area (Å²) in [5.41, 5.74) is 1.65. The predicted octanol–water partition coefficient (Wildman–Crippen LogP) is 3.15. The molecule has 0 radical (unpaired) electrons. The van der Waals surface area contributed by atoms with Gasteiger partial charge in [0.1, 0.15) is 0 Å². The maximum Gasteiger partial charge on any atom is 0.405 e. The quantitative estimate of drug-likeness (QED) is 0.652. The van der Waals surface area contributed by atoms with E-state index in [1.54, 1.807) is 12.1 Å². The topological polar surface area (TPSA) is 92.5 Å². The number of amides is 1. The summed E-state index contributed by atoms with van der Waals surface area (Å²) in [4.78, 5) is 21.1. The number of nitrogens with zero attached hydrogens (tertiary/aromatic N) is 1. The Morgan fingerprint density at radius 1 is 1.14 bits per heavy atom. The van der Waals surface area contributed by atoms with Gasteiger partial charge in [-0.1, -0.05) is 42.5 Å². The van der Waals surface area contributed by atoms with Gasteiger partial charge < -0.3 is 10.4 Å². The molecule has 0 aliphatic rings. The number of rotatable bonds is 5. The number of nitro groups is 1.